The summed E-state index contributed by atoms with van der Waals surface area (Å²) >= 11 is 1.53. The number of thiazole rings is 1. The van der Waals surface area contributed by atoms with Crippen molar-refractivity contribution in [3.63, 3.8) is 0 Å². The highest BCUT2D eigenvalue weighted by Crippen LogP contribution is 2.22. The number of benzene rings is 2. The maximum absolute atomic E-state index is 12.6. The molecule has 0 spiro atoms. The summed E-state index contributed by atoms with van der Waals surface area (Å²) in [5.41, 5.74) is 4.77. The van der Waals surface area contributed by atoms with Crippen LogP contribution in [0.4, 0.5) is 0 Å². The van der Waals surface area contributed by atoms with Gasteiger partial charge in [0.25, 0.3) is 5.91 Å². The molecular formula is C20H19N3O2S. The molecule has 0 unspecified atom stereocenters. The smallest absolute Gasteiger partial charge is 0.266 e. The van der Waals surface area contributed by atoms with Crippen molar-refractivity contribution in [2.45, 2.75) is 25.5 Å². The number of fused-ring (bicyclic) bond motifs is 1. The Morgan fingerprint density at radius 3 is 2.96 bits per heavy atom. The summed E-state index contributed by atoms with van der Waals surface area (Å²) in [6.45, 7) is 0.487. The molecule has 3 aromatic rings. The minimum absolute atomic E-state index is 0.0605. The molecular weight excluding hydrogens is 346 g/mol. The Bertz CT molecular complexity index is 947. The topological polar surface area (TPSA) is 54.8 Å². The van der Waals surface area contributed by atoms with Crippen LogP contribution in [0, 0.1) is 0 Å². The van der Waals surface area contributed by atoms with Crippen molar-refractivity contribution < 1.29 is 9.63 Å². The van der Waals surface area contributed by atoms with E-state index in [0.29, 0.717) is 19.4 Å². The quantitative estimate of drug-likeness (QED) is 0.694. The number of carbonyl (C=O) groups is 1. The third-order valence-corrected chi connectivity index (χ3v) is 5.17. The van der Waals surface area contributed by atoms with Crippen LogP contribution >= 0.6 is 11.3 Å². The minimum atomic E-state index is -0.538. The number of likely N-dealkylation sites (N-methyl/N-ethyl adjacent to an activating group) is 1. The molecule has 5 nitrogen and oxygen atoms in total. The van der Waals surface area contributed by atoms with Crippen molar-refractivity contribution in [3.8, 4) is 0 Å². The Kier molecular flexibility index (Phi) is 4.67. The zero-order valence-electron chi connectivity index (χ0n) is 14.5. The van der Waals surface area contributed by atoms with Gasteiger partial charge in [0.15, 0.2) is 0 Å². The van der Waals surface area contributed by atoms with Gasteiger partial charge in [-0.25, -0.2) is 4.98 Å². The Balaban J connectivity index is 1.41. The van der Waals surface area contributed by atoms with E-state index in [2.05, 4.69) is 40.5 Å². The first-order valence-corrected chi connectivity index (χ1v) is 9.45. The molecule has 0 saturated carbocycles. The molecule has 26 heavy (non-hydrogen) atoms. The molecule has 1 amide bonds. The first-order valence-electron chi connectivity index (χ1n) is 8.51. The highest BCUT2D eigenvalue weighted by Gasteiger charge is 2.30. The van der Waals surface area contributed by atoms with Gasteiger partial charge in [-0.2, -0.15) is 0 Å². The SMILES string of the molecule is CN(Cc1cscn1)C(=O)[C@H]1CC(Cc2cccc3ccccc23)=NO1. The number of oxime groups is 1. The van der Waals surface area contributed by atoms with Gasteiger partial charge in [-0.15, -0.1) is 11.3 Å². The van der Waals surface area contributed by atoms with Crippen LogP contribution in [-0.4, -0.2) is 34.7 Å². The Hall–Kier alpha value is -2.73. The average Bonchev–Trinajstić information content (AvgIpc) is 3.33. The van der Waals surface area contributed by atoms with E-state index >= 15 is 0 Å². The Labute approximate surface area is 155 Å². The maximum atomic E-state index is 12.6. The first-order chi connectivity index (χ1) is 12.7. The van der Waals surface area contributed by atoms with Crippen molar-refractivity contribution in [2.75, 3.05) is 7.05 Å². The van der Waals surface area contributed by atoms with Crippen molar-refractivity contribution >= 4 is 33.7 Å². The number of hydrogen-bond acceptors (Lipinski definition) is 5. The molecule has 1 aliphatic heterocycles. The van der Waals surface area contributed by atoms with Crippen molar-refractivity contribution in [3.05, 3.63) is 64.6 Å². The molecule has 1 aromatic heterocycles. The molecule has 6 heteroatoms. The summed E-state index contributed by atoms with van der Waals surface area (Å²) in [5, 5.41) is 8.55. The lowest BCUT2D eigenvalue weighted by atomic mass is 9.98. The maximum Gasteiger partial charge on any atom is 0.266 e. The molecule has 0 fully saturated rings. The largest absolute Gasteiger partial charge is 0.382 e. The average molecular weight is 365 g/mol. The number of amides is 1. The highest BCUT2D eigenvalue weighted by molar-refractivity contribution is 7.07. The third kappa shape index (κ3) is 3.46. The third-order valence-electron chi connectivity index (χ3n) is 4.54. The second kappa shape index (κ2) is 7.25. The fraction of sp³-hybridized carbons (Fsp3) is 0.250. The second-order valence-corrected chi connectivity index (χ2v) is 7.16. The minimum Gasteiger partial charge on any atom is -0.382 e. The Morgan fingerprint density at radius 1 is 1.27 bits per heavy atom. The van der Waals surface area contributed by atoms with Gasteiger partial charge in [0.2, 0.25) is 6.10 Å². The highest BCUT2D eigenvalue weighted by atomic mass is 32.1. The molecule has 1 aliphatic rings. The van der Waals surface area contributed by atoms with Gasteiger partial charge in [-0.1, -0.05) is 47.6 Å². The molecule has 2 heterocycles. The van der Waals surface area contributed by atoms with Crippen LogP contribution in [0.25, 0.3) is 10.8 Å². The van der Waals surface area contributed by atoms with Crippen LogP contribution in [-0.2, 0) is 22.6 Å². The molecule has 0 radical (unpaired) electrons. The van der Waals surface area contributed by atoms with Crippen LogP contribution < -0.4 is 0 Å². The molecule has 0 saturated heterocycles. The number of hydrogen-bond donors (Lipinski definition) is 0. The summed E-state index contributed by atoms with van der Waals surface area (Å²) in [6.07, 6.45) is 0.688. The van der Waals surface area contributed by atoms with Crippen LogP contribution in [0.1, 0.15) is 17.7 Å². The summed E-state index contributed by atoms with van der Waals surface area (Å²) in [4.78, 5) is 23.9. The molecule has 132 valence electrons. The van der Waals surface area contributed by atoms with Crippen LogP contribution in [0.2, 0.25) is 0 Å². The molecule has 2 aromatic carbocycles. The van der Waals surface area contributed by atoms with Gasteiger partial charge in [-0.05, 0) is 16.3 Å². The molecule has 1 atom stereocenters. The van der Waals surface area contributed by atoms with E-state index in [-0.39, 0.29) is 5.91 Å². The van der Waals surface area contributed by atoms with Crippen molar-refractivity contribution in [2.24, 2.45) is 5.16 Å². The fourth-order valence-corrected chi connectivity index (χ4v) is 3.76. The zero-order chi connectivity index (χ0) is 17.9. The Morgan fingerprint density at radius 2 is 2.12 bits per heavy atom. The van der Waals surface area contributed by atoms with Gasteiger partial charge in [-0.3, -0.25) is 4.79 Å². The standard InChI is InChI=1S/C20H19N3O2S/c1-23(11-17-12-26-13-21-17)20(24)19-10-16(22-25-19)9-15-7-4-6-14-5-2-3-8-18(14)15/h2-8,12-13,19H,9-11H2,1H3/t19-/m1/s1. The van der Waals surface area contributed by atoms with Crippen molar-refractivity contribution in [1.82, 2.24) is 9.88 Å². The normalized spacial score (nSPS) is 16.3. The number of carbonyl (C=O) groups excluding carboxylic acids is 1. The summed E-state index contributed by atoms with van der Waals surface area (Å²) in [7, 11) is 1.77. The number of rotatable bonds is 5. The van der Waals surface area contributed by atoms with E-state index in [0.717, 1.165) is 11.4 Å². The van der Waals surface area contributed by atoms with Crippen LogP contribution in [0.5, 0.6) is 0 Å². The van der Waals surface area contributed by atoms with E-state index in [1.807, 2.05) is 17.5 Å². The first kappa shape index (κ1) is 16.7. The van der Waals surface area contributed by atoms with Crippen LogP contribution in [0.15, 0.2) is 58.5 Å². The molecule has 0 N–H and O–H groups in total. The van der Waals surface area contributed by atoms with E-state index in [1.54, 1.807) is 17.5 Å². The van der Waals surface area contributed by atoms with E-state index < -0.39 is 6.10 Å². The summed E-state index contributed by atoms with van der Waals surface area (Å²) in [6, 6.07) is 14.6. The lowest BCUT2D eigenvalue weighted by molar-refractivity contribution is -0.141. The lowest BCUT2D eigenvalue weighted by Crippen LogP contribution is -2.36. The summed E-state index contributed by atoms with van der Waals surface area (Å²) in [5.74, 6) is -0.0605. The van der Waals surface area contributed by atoms with E-state index in [1.165, 1.54) is 27.7 Å². The second-order valence-electron chi connectivity index (χ2n) is 6.44. The van der Waals surface area contributed by atoms with Gasteiger partial charge < -0.3 is 9.74 Å². The van der Waals surface area contributed by atoms with Gasteiger partial charge in [0.05, 0.1) is 23.5 Å². The van der Waals surface area contributed by atoms with E-state index in [9.17, 15) is 4.79 Å². The van der Waals surface area contributed by atoms with Gasteiger partial charge >= 0.3 is 0 Å². The predicted octanol–water partition coefficient (Wildman–Crippen LogP) is 3.64. The number of nitrogens with zero attached hydrogens (tertiary/aromatic N) is 3. The van der Waals surface area contributed by atoms with E-state index in [4.69, 9.17) is 4.84 Å². The molecule has 0 aliphatic carbocycles. The van der Waals surface area contributed by atoms with Gasteiger partial charge in [0, 0.05) is 25.3 Å². The zero-order valence-corrected chi connectivity index (χ0v) is 15.3. The van der Waals surface area contributed by atoms with Crippen LogP contribution in [0.3, 0.4) is 0 Å². The monoisotopic (exact) mass is 365 g/mol. The number of aromatic nitrogens is 1. The van der Waals surface area contributed by atoms with Gasteiger partial charge in [0.1, 0.15) is 0 Å². The lowest BCUT2D eigenvalue weighted by Gasteiger charge is -2.18. The summed E-state index contributed by atoms with van der Waals surface area (Å²) < 4.78 is 0. The van der Waals surface area contributed by atoms with Crippen molar-refractivity contribution in [1.29, 1.82) is 0 Å². The molecule has 4 rings (SSSR count). The fourth-order valence-electron chi connectivity index (χ4n) is 3.21. The molecule has 0 bridgehead atoms. The predicted molar refractivity (Wildman–Crippen MR) is 103 cm³/mol.